The largest absolute Gasteiger partial charge is 0.455 e. The van der Waals surface area contributed by atoms with Crippen LogP contribution in [0.4, 0.5) is 0 Å². The Labute approximate surface area is 309 Å². The molecule has 0 saturated carbocycles. The molecule has 1 heterocycles. The molecule has 10 aromatic rings. The highest BCUT2D eigenvalue weighted by molar-refractivity contribution is 14.1. The standard InChI is InChI=1S/C49H31IO/c1-30-42(36-17-8-10-23-44(36)50)29-43(49-46(30)41-22-9-11-24-45(41)51-49)48-39-20-6-4-18-37(39)47(38-19-5-7-21-40(38)48)35-16-12-15-33(28-35)34-26-25-31-13-2-3-14-32(31)27-34/h2-29H,1H3. The van der Waals surface area contributed by atoms with Gasteiger partial charge in [-0.15, -0.1) is 0 Å². The van der Waals surface area contributed by atoms with Gasteiger partial charge in [0.25, 0.3) is 0 Å². The first kappa shape index (κ1) is 30.1. The fraction of sp³-hybridized carbons (Fsp3) is 0.0204. The molecule has 0 unspecified atom stereocenters. The minimum absolute atomic E-state index is 0.910. The molecular formula is C49H31IO. The van der Waals surface area contributed by atoms with E-state index in [4.69, 9.17) is 4.42 Å². The van der Waals surface area contributed by atoms with Gasteiger partial charge in [0.2, 0.25) is 0 Å². The van der Waals surface area contributed by atoms with Crippen molar-refractivity contribution in [3.8, 4) is 44.5 Å². The number of fused-ring (bicyclic) bond motifs is 6. The van der Waals surface area contributed by atoms with Crippen molar-refractivity contribution in [2.45, 2.75) is 6.92 Å². The lowest BCUT2D eigenvalue weighted by atomic mass is 9.83. The summed E-state index contributed by atoms with van der Waals surface area (Å²) < 4.78 is 8.08. The van der Waals surface area contributed by atoms with Gasteiger partial charge in [0, 0.05) is 25.5 Å². The normalized spacial score (nSPS) is 11.7. The van der Waals surface area contributed by atoms with Crippen LogP contribution in [0.2, 0.25) is 0 Å². The third kappa shape index (κ3) is 4.81. The first-order valence-electron chi connectivity index (χ1n) is 17.4. The van der Waals surface area contributed by atoms with Crippen LogP contribution in [0.15, 0.2) is 174 Å². The number of hydrogen-bond acceptors (Lipinski definition) is 1. The van der Waals surface area contributed by atoms with Gasteiger partial charge in [-0.25, -0.2) is 0 Å². The molecule has 0 atom stereocenters. The summed E-state index contributed by atoms with van der Waals surface area (Å²) in [4.78, 5) is 0. The Kier molecular flexibility index (Phi) is 7.07. The van der Waals surface area contributed by atoms with Crippen LogP contribution in [0.25, 0.3) is 98.8 Å². The zero-order chi connectivity index (χ0) is 34.1. The van der Waals surface area contributed by atoms with Crippen LogP contribution >= 0.6 is 22.6 Å². The van der Waals surface area contributed by atoms with Crippen molar-refractivity contribution in [1.82, 2.24) is 0 Å². The van der Waals surface area contributed by atoms with Crippen molar-refractivity contribution in [2.75, 3.05) is 0 Å². The van der Waals surface area contributed by atoms with Crippen LogP contribution in [0.1, 0.15) is 5.56 Å². The smallest absolute Gasteiger partial charge is 0.143 e. The van der Waals surface area contributed by atoms with E-state index in [1.54, 1.807) is 0 Å². The summed E-state index contributed by atoms with van der Waals surface area (Å²) in [5.41, 5.74) is 12.7. The Hall–Kier alpha value is -5.71. The van der Waals surface area contributed by atoms with Gasteiger partial charge in [-0.3, -0.25) is 0 Å². The van der Waals surface area contributed by atoms with Crippen molar-refractivity contribution >= 4 is 76.8 Å². The van der Waals surface area contributed by atoms with E-state index in [2.05, 4.69) is 199 Å². The molecule has 2 heteroatoms. The molecule has 1 nitrogen and oxygen atoms in total. The molecule has 0 radical (unpaired) electrons. The van der Waals surface area contributed by atoms with Gasteiger partial charge in [0.1, 0.15) is 11.2 Å². The Balaban J connectivity index is 1.29. The lowest BCUT2D eigenvalue weighted by Gasteiger charge is -2.20. The molecule has 10 rings (SSSR count). The van der Waals surface area contributed by atoms with E-state index in [1.165, 1.54) is 85.8 Å². The molecule has 1 aromatic heterocycles. The summed E-state index contributed by atoms with van der Waals surface area (Å²) in [5, 5.41) is 9.70. The molecule has 0 N–H and O–H groups in total. The highest BCUT2D eigenvalue weighted by Crippen LogP contribution is 2.49. The van der Waals surface area contributed by atoms with Gasteiger partial charge in [0.05, 0.1) is 0 Å². The van der Waals surface area contributed by atoms with E-state index in [9.17, 15) is 0 Å². The lowest BCUT2D eigenvalue weighted by Crippen LogP contribution is -1.94. The Morgan fingerprint density at radius 1 is 0.412 bits per heavy atom. The van der Waals surface area contributed by atoms with Gasteiger partial charge >= 0.3 is 0 Å². The van der Waals surface area contributed by atoms with Gasteiger partial charge < -0.3 is 4.42 Å². The molecule has 240 valence electrons. The fourth-order valence-electron chi connectivity index (χ4n) is 8.16. The zero-order valence-electron chi connectivity index (χ0n) is 28.0. The van der Waals surface area contributed by atoms with Gasteiger partial charge in [0.15, 0.2) is 0 Å². The van der Waals surface area contributed by atoms with Crippen molar-refractivity contribution < 1.29 is 4.42 Å². The average Bonchev–Trinajstić information content (AvgIpc) is 3.58. The summed E-state index contributed by atoms with van der Waals surface area (Å²) in [7, 11) is 0. The minimum Gasteiger partial charge on any atom is -0.455 e. The van der Waals surface area contributed by atoms with E-state index < -0.39 is 0 Å². The van der Waals surface area contributed by atoms with Crippen LogP contribution in [0.5, 0.6) is 0 Å². The van der Waals surface area contributed by atoms with Crippen molar-refractivity contribution in [1.29, 1.82) is 0 Å². The minimum atomic E-state index is 0.910. The van der Waals surface area contributed by atoms with E-state index in [-0.39, 0.29) is 0 Å². The third-order valence-corrected chi connectivity index (χ3v) is 11.4. The van der Waals surface area contributed by atoms with E-state index in [0.29, 0.717) is 0 Å². The molecule has 0 saturated heterocycles. The maximum Gasteiger partial charge on any atom is 0.143 e. The molecule has 0 aliphatic heterocycles. The summed E-state index contributed by atoms with van der Waals surface area (Å²) in [6.45, 7) is 2.24. The molecule has 0 aliphatic carbocycles. The van der Waals surface area contributed by atoms with Crippen molar-refractivity contribution in [3.63, 3.8) is 0 Å². The maximum absolute atomic E-state index is 6.85. The number of aryl methyl sites for hydroxylation is 1. The number of furan rings is 1. The van der Waals surface area contributed by atoms with Crippen molar-refractivity contribution in [3.05, 3.63) is 179 Å². The summed E-state index contributed by atoms with van der Waals surface area (Å²) in [5.74, 6) is 0. The van der Waals surface area contributed by atoms with Crippen LogP contribution in [0.3, 0.4) is 0 Å². The topological polar surface area (TPSA) is 13.1 Å². The molecule has 51 heavy (non-hydrogen) atoms. The first-order chi connectivity index (χ1) is 25.1. The molecule has 0 amide bonds. The third-order valence-electron chi connectivity index (χ3n) is 10.5. The number of benzene rings is 9. The molecular weight excluding hydrogens is 731 g/mol. The van der Waals surface area contributed by atoms with Gasteiger partial charge in [-0.05, 0) is 131 Å². The van der Waals surface area contributed by atoms with Crippen molar-refractivity contribution in [2.24, 2.45) is 0 Å². The van der Waals surface area contributed by atoms with Crippen LogP contribution in [0, 0.1) is 10.5 Å². The molecule has 0 spiro atoms. The SMILES string of the molecule is Cc1c(-c2ccccc2I)cc(-c2c3ccccc3c(-c3cccc(-c4ccc5ccccc5c4)c3)c3ccccc23)c2oc3ccccc3c12. The molecule has 0 fully saturated rings. The molecule has 9 aromatic carbocycles. The second-order valence-corrected chi connectivity index (χ2v) is 14.5. The van der Waals surface area contributed by atoms with Gasteiger partial charge in [-0.1, -0.05) is 140 Å². The van der Waals surface area contributed by atoms with E-state index in [1.807, 2.05) is 0 Å². The second-order valence-electron chi connectivity index (χ2n) is 13.4. The first-order valence-corrected chi connectivity index (χ1v) is 18.4. The number of para-hydroxylation sites is 1. The average molecular weight is 763 g/mol. The predicted molar refractivity (Wildman–Crippen MR) is 225 cm³/mol. The van der Waals surface area contributed by atoms with E-state index in [0.717, 1.165) is 22.1 Å². The number of halogens is 1. The fourth-order valence-corrected chi connectivity index (χ4v) is 8.84. The maximum atomic E-state index is 6.85. The Morgan fingerprint density at radius 3 is 1.75 bits per heavy atom. The second kappa shape index (κ2) is 12.0. The van der Waals surface area contributed by atoms with Gasteiger partial charge in [-0.2, -0.15) is 0 Å². The van der Waals surface area contributed by atoms with Crippen LogP contribution in [-0.2, 0) is 0 Å². The molecule has 0 bridgehead atoms. The predicted octanol–water partition coefficient (Wildman–Crippen LogP) is 14.6. The number of hydrogen-bond donors (Lipinski definition) is 0. The lowest BCUT2D eigenvalue weighted by molar-refractivity contribution is 0.670. The van der Waals surface area contributed by atoms with Crippen LogP contribution < -0.4 is 0 Å². The Bertz CT molecular complexity index is 2940. The number of rotatable bonds is 4. The highest BCUT2D eigenvalue weighted by atomic mass is 127. The summed E-state index contributed by atoms with van der Waals surface area (Å²) >= 11 is 2.47. The zero-order valence-corrected chi connectivity index (χ0v) is 30.1. The van der Waals surface area contributed by atoms with E-state index >= 15 is 0 Å². The highest BCUT2D eigenvalue weighted by Gasteiger charge is 2.24. The Morgan fingerprint density at radius 2 is 1.00 bits per heavy atom. The monoisotopic (exact) mass is 762 g/mol. The summed E-state index contributed by atoms with van der Waals surface area (Å²) in [6, 6.07) is 61.7. The molecule has 0 aliphatic rings. The van der Waals surface area contributed by atoms with Crippen LogP contribution in [-0.4, -0.2) is 0 Å². The quantitative estimate of drug-likeness (QED) is 0.129. The summed E-state index contributed by atoms with van der Waals surface area (Å²) in [6.07, 6.45) is 0.